The normalized spacial score (nSPS) is 24.6. The molecule has 1 N–H and O–H groups in total. The predicted molar refractivity (Wildman–Crippen MR) is 62.1 cm³/mol. The van der Waals surface area contributed by atoms with Gasteiger partial charge in [-0.1, -0.05) is 6.42 Å². The molecular weight excluding hydrogens is 224 g/mol. The molecule has 2 rings (SSSR count). The van der Waals surface area contributed by atoms with E-state index in [1.807, 2.05) is 11.7 Å². The molecule has 1 aromatic rings. The van der Waals surface area contributed by atoms with Gasteiger partial charge >= 0.3 is 5.97 Å². The number of ether oxygens (including phenoxy) is 1. The minimum Gasteiger partial charge on any atom is -0.469 e. The molecule has 0 amide bonds. The zero-order valence-corrected chi connectivity index (χ0v) is 10.1. The summed E-state index contributed by atoms with van der Waals surface area (Å²) in [7, 11) is 1.46. The lowest BCUT2D eigenvalue weighted by Crippen LogP contribution is -2.36. The van der Waals surface area contributed by atoms with Gasteiger partial charge in [0.2, 0.25) is 0 Å². The van der Waals surface area contributed by atoms with E-state index in [4.69, 9.17) is 4.74 Å². The number of methoxy groups -OCH3 is 1. The van der Waals surface area contributed by atoms with Gasteiger partial charge in [-0.05, 0) is 12.8 Å². The van der Waals surface area contributed by atoms with Crippen LogP contribution in [0.25, 0.3) is 0 Å². The van der Waals surface area contributed by atoms with Crippen molar-refractivity contribution in [1.29, 1.82) is 0 Å². The second-order valence-corrected chi connectivity index (χ2v) is 4.99. The third kappa shape index (κ3) is 2.59. The predicted octanol–water partition coefficient (Wildman–Crippen LogP) is 1.57. The fraction of sp³-hybridized carbons (Fsp3) is 0.636. The van der Waals surface area contributed by atoms with E-state index in [2.05, 4.69) is 10.3 Å². The van der Waals surface area contributed by atoms with Gasteiger partial charge in [-0.25, -0.2) is 0 Å². The largest absolute Gasteiger partial charge is 0.469 e. The molecule has 0 bridgehead atoms. The number of nitrogens with zero attached hydrogens (tertiary/aromatic N) is 1. The van der Waals surface area contributed by atoms with E-state index < -0.39 is 0 Å². The van der Waals surface area contributed by atoms with Crippen LogP contribution in [0.2, 0.25) is 0 Å². The quantitative estimate of drug-likeness (QED) is 0.812. The molecule has 2 unspecified atom stereocenters. The lowest BCUT2D eigenvalue weighted by atomic mass is 10.0. The van der Waals surface area contributed by atoms with Crippen LogP contribution in [-0.4, -0.2) is 24.1 Å². The highest BCUT2D eigenvalue weighted by Gasteiger charge is 2.33. The van der Waals surface area contributed by atoms with Crippen LogP contribution in [0.15, 0.2) is 11.7 Å². The molecule has 0 aromatic carbocycles. The number of thiazole rings is 1. The van der Waals surface area contributed by atoms with Crippen LogP contribution in [0.4, 0.5) is 0 Å². The summed E-state index contributed by atoms with van der Waals surface area (Å²) in [6.45, 7) is 0.794. The van der Waals surface area contributed by atoms with Crippen molar-refractivity contribution in [1.82, 2.24) is 10.3 Å². The van der Waals surface area contributed by atoms with E-state index in [-0.39, 0.29) is 17.9 Å². The van der Waals surface area contributed by atoms with Gasteiger partial charge in [-0.2, -0.15) is 0 Å². The van der Waals surface area contributed by atoms with Gasteiger partial charge in [-0.15, -0.1) is 11.3 Å². The number of carbonyl (C=O) groups excluding carboxylic acids is 1. The van der Waals surface area contributed by atoms with Gasteiger partial charge in [0, 0.05) is 23.7 Å². The zero-order valence-electron chi connectivity index (χ0n) is 9.31. The Bertz CT molecular complexity index is 340. The van der Waals surface area contributed by atoms with Crippen molar-refractivity contribution in [3.8, 4) is 0 Å². The average molecular weight is 240 g/mol. The van der Waals surface area contributed by atoms with E-state index in [9.17, 15) is 4.79 Å². The van der Waals surface area contributed by atoms with Crippen LogP contribution in [0, 0.1) is 5.92 Å². The molecule has 0 radical (unpaired) electrons. The molecule has 0 saturated heterocycles. The number of hydrogen-bond donors (Lipinski definition) is 1. The lowest BCUT2D eigenvalue weighted by molar-refractivity contribution is -0.145. The Kier molecular flexibility index (Phi) is 3.90. The molecule has 0 spiro atoms. The van der Waals surface area contributed by atoms with E-state index in [1.54, 1.807) is 11.3 Å². The number of aromatic nitrogens is 1. The Morgan fingerprint density at radius 1 is 1.69 bits per heavy atom. The lowest BCUT2D eigenvalue weighted by Gasteiger charge is -2.18. The fourth-order valence-electron chi connectivity index (χ4n) is 2.20. The van der Waals surface area contributed by atoms with Crippen molar-refractivity contribution in [3.05, 3.63) is 16.6 Å². The molecule has 1 aliphatic rings. The minimum atomic E-state index is -0.0840. The summed E-state index contributed by atoms with van der Waals surface area (Å²) >= 11 is 1.63. The van der Waals surface area contributed by atoms with E-state index in [1.165, 1.54) is 12.0 Å². The third-order valence-electron chi connectivity index (χ3n) is 3.04. The Balaban J connectivity index is 1.86. The highest BCUT2D eigenvalue weighted by Crippen LogP contribution is 2.27. The first-order valence-electron chi connectivity index (χ1n) is 5.50. The molecule has 1 aliphatic carbocycles. The van der Waals surface area contributed by atoms with Crippen molar-refractivity contribution in [2.45, 2.75) is 31.8 Å². The number of carbonyl (C=O) groups is 1. The molecule has 4 nitrogen and oxygen atoms in total. The Hall–Kier alpha value is -0.940. The summed E-state index contributed by atoms with van der Waals surface area (Å²) < 4.78 is 4.81. The highest BCUT2D eigenvalue weighted by atomic mass is 32.1. The number of hydrogen-bond acceptors (Lipinski definition) is 5. The van der Waals surface area contributed by atoms with Crippen LogP contribution in [0.5, 0.6) is 0 Å². The van der Waals surface area contributed by atoms with Crippen molar-refractivity contribution in [2.24, 2.45) is 5.92 Å². The van der Waals surface area contributed by atoms with Crippen molar-refractivity contribution < 1.29 is 9.53 Å². The zero-order chi connectivity index (χ0) is 11.4. The number of esters is 1. The fourth-order valence-corrected chi connectivity index (χ4v) is 2.74. The number of nitrogens with one attached hydrogen (secondary N) is 1. The van der Waals surface area contributed by atoms with Gasteiger partial charge in [0.05, 0.1) is 18.5 Å². The van der Waals surface area contributed by atoms with Gasteiger partial charge in [0.25, 0.3) is 0 Å². The maximum absolute atomic E-state index is 11.5. The number of rotatable bonds is 4. The standard InChI is InChI=1S/C11H16N2O2S/c1-15-11(14)9-3-2-4-10(9)13-6-8-5-12-7-16-8/h5,7,9-10,13H,2-4,6H2,1H3. The topological polar surface area (TPSA) is 51.2 Å². The molecule has 1 saturated carbocycles. The van der Waals surface area contributed by atoms with Crippen LogP contribution in [0.1, 0.15) is 24.1 Å². The van der Waals surface area contributed by atoms with Crippen molar-refractivity contribution in [2.75, 3.05) is 7.11 Å². The molecule has 2 atom stereocenters. The third-order valence-corrected chi connectivity index (χ3v) is 3.82. The van der Waals surface area contributed by atoms with E-state index >= 15 is 0 Å². The maximum Gasteiger partial charge on any atom is 0.310 e. The van der Waals surface area contributed by atoms with Crippen molar-refractivity contribution in [3.63, 3.8) is 0 Å². The first-order valence-corrected chi connectivity index (χ1v) is 6.38. The summed E-state index contributed by atoms with van der Waals surface area (Å²) in [6, 6.07) is 0.259. The molecular formula is C11H16N2O2S. The summed E-state index contributed by atoms with van der Waals surface area (Å²) in [5, 5.41) is 3.42. The van der Waals surface area contributed by atoms with Crippen LogP contribution in [-0.2, 0) is 16.1 Å². The Morgan fingerprint density at radius 2 is 2.56 bits per heavy atom. The van der Waals surface area contributed by atoms with Crippen LogP contribution >= 0.6 is 11.3 Å². The molecule has 1 aromatic heterocycles. The second kappa shape index (κ2) is 5.41. The van der Waals surface area contributed by atoms with Gasteiger partial charge < -0.3 is 10.1 Å². The summed E-state index contributed by atoms with van der Waals surface area (Å²) in [5.41, 5.74) is 1.82. The second-order valence-electron chi connectivity index (χ2n) is 4.02. The summed E-state index contributed by atoms with van der Waals surface area (Å²) in [6.07, 6.45) is 4.95. The van der Waals surface area contributed by atoms with E-state index in [0.717, 1.165) is 25.8 Å². The molecule has 1 fully saturated rings. The maximum atomic E-state index is 11.5. The first kappa shape index (κ1) is 11.5. The summed E-state index contributed by atoms with van der Waals surface area (Å²) in [5.74, 6) is -0.0581. The molecule has 5 heteroatoms. The monoisotopic (exact) mass is 240 g/mol. The Labute approximate surface area is 99.0 Å². The Morgan fingerprint density at radius 3 is 3.25 bits per heavy atom. The van der Waals surface area contributed by atoms with Crippen molar-refractivity contribution >= 4 is 17.3 Å². The highest BCUT2D eigenvalue weighted by molar-refractivity contribution is 7.09. The van der Waals surface area contributed by atoms with Gasteiger partial charge in [0.1, 0.15) is 0 Å². The minimum absolute atomic E-state index is 0.0259. The molecule has 88 valence electrons. The van der Waals surface area contributed by atoms with E-state index in [0.29, 0.717) is 0 Å². The molecule has 1 heterocycles. The molecule has 0 aliphatic heterocycles. The molecule has 16 heavy (non-hydrogen) atoms. The SMILES string of the molecule is COC(=O)C1CCCC1NCc1cncs1. The van der Waals surface area contributed by atoms with Gasteiger partial charge in [0.15, 0.2) is 0 Å². The smallest absolute Gasteiger partial charge is 0.310 e. The van der Waals surface area contributed by atoms with Gasteiger partial charge in [-0.3, -0.25) is 9.78 Å². The van der Waals surface area contributed by atoms with Crippen LogP contribution < -0.4 is 5.32 Å². The van der Waals surface area contributed by atoms with Crippen LogP contribution in [0.3, 0.4) is 0 Å². The first-order chi connectivity index (χ1) is 7.81. The summed E-state index contributed by atoms with van der Waals surface area (Å²) in [4.78, 5) is 16.7. The average Bonchev–Trinajstić information content (AvgIpc) is 2.96.